The summed E-state index contributed by atoms with van der Waals surface area (Å²) in [6.45, 7) is 0. The van der Waals surface area contributed by atoms with Gasteiger partial charge < -0.3 is 19.8 Å². The second kappa shape index (κ2) is 8.67. The van der Waals surface area contributed by atoms with E-state index in [0.717, 1.165) is 7.11 Å². The molecule has 0 fully saturated rings. The van der Waals surface area contributed by atoms with Crippen molar-refractivity contribution in [3.05, 3.63) is 54.2 Å². The normalized spacial score (nSPS) is 14.5. The number of benzene rings is 1. The minimum atomic E-state index is -3.92. The summed E-state index contributed by atoms with van der Waals surface area (Å²) in [6, 6.07) is 11.6. The Hall–Kier alpha value is -0.880. The van der Waals surface area contributed by atoms with Gasteiger partial charge in [-0.2, -0.15) is 0 Å². The Morgan fingerprint density at radius 1 is 1.32 bits per heavy atom. The predicted molar refractivity (Wildman–Crippen MR) is 78.1 cm³/mol. The average molecular weight is 330 g/mol. The van der Waals surface area contributed by atoms with Crippen LogP contribution in [-0.2, 0) is 15.5 Å². The molecule has 1 heterocycles. The van der Waals surface area contributed by atoms with Crippen LogP contribution in [0.25, 0.3) is 0 Å². The van der Waals surface area contributed by atoms with E-state index in [-0.39, 0.29) is 41.7 Å². The molecule has 2 rings (SSSR count). The molecule has 0 radical (unpaired) electrons. The second-order valence-electron chi connectivity index (χ2n) is 4.43. The van der Waals surface area contributed by atoms with Gasteiger partial charge in [0.15, 0.2) is 0 Å². The smallest absolute Gasteiger partial charge is 0.872 e. The summed E-state index contributed by atoms with van der Waals surface area (Å²) in [4.78, 5) is 14.0. The van der Waals surface area contributed by atoms with Crippen molar-refractivity contribution in [3.63, 3.8) is 0 Å². The number of pyridine rings is 1. The molecule has 2 N–H and O–H groups in total. The van der Waals surface area contributed by atoms with Gasteiger partial charge in [0.05, 0.1) is 0 Å². The minimum Gasteiger partial charge on any atom is -0.872 e. The van der Waals surface area contributed by atoms with Crippen LogP contribution in [0.2, 0.25) is 0 Å². The van der Waals surface area contributed by atoms with E-state index in [2.05, 4.69) is 10.3 Å². The van der Waals surface area contributed by atoms with Gasteiger partial charge in [0.25, 0.3) is 0 Å². The SMILES string of the molecule is COP(=O)(O)C(Cc1ccccc1[O-])Nc1ccccn1.[Na+]. The number of hydrogen-bond donors (Lipinski definition) is 2. The zero-order chi connectivity index (χ0) is 15.3. The molecule has 112 valence electrons. The Kier molecular flexibility index (Phi) is 7.56. The van der Waals surface area contributed by atoms with Gasteiger partial charge in [0.2, 0.25) is 0 Å². The maximum atomic E-state index is 12.1. The molecule has 0 bridgehead atoms. The van der Waals surface area contributed by atoms with Crippen LogP contribution in [0, 0.1) is 0 Å². The Morgan fingerprint density at radius 2 is 2.00 bits per heavy atom. The second-order valence-corrected chi connectivity index (χ2v) is 6.55. The maximum Gasteiger partial charge on any atom is 1.00 e. The molecule has 2 atom stereocenters. The van der Waals surface area contributed by atoms with Gasteiger partial charge in [0, 0.05) is 19.7 Å². The molecule has 0 saturated heterocycles. The summed E-state index contributed by atoms with van der Waals surface area (Å²) in [5, 5.41) is 14.6. The van der Waals surface area contributed by atoms with Crippen LogP contribution in [0.4, 0.5) is 5.82 Å². The summed E-state index contributed by atoms with van der Waals surface area (Å²) in [5.41, 5.74) is 0.442. The van der Waals surface area contributed by atoms with Gasteiger partial charge in [-0.15, -0.1) is 5.75 Å². The van der Waals surface area contributed by atoms with Crippen molar-refractivity contribution >= 4 is 13.4 Å². The average Bonchev–Trinajstić information content (AvgIpc) is 2.50. The predicted octanol–water partition coefficient (Wildman–Crippen LogP) is -1.03. The zero-order valence-electron chi connectivity index (χ0n) is 12.5. The summed E-state index contributed by atoms with van der Waals surface area (Å²) in [5.74, 6) is -0.689. The third-order valence-electron chi connectivity index (χ3n) is 3.02. The van der Waals surface area contributed by atoms with E-state index in [0.29, 0.717) is 11.4 Å². The topological polar surface area (TPSA) is 94.5 Å². The molecule has 22 heavy (non-hydrogen) atoms. The summed E-state index contributed by atoms with van der Waals surface area (Å²) in [7, 11) is -2.76. The summed E-state index contributed by atoms with van der Waals surface area (Å²) < 4.78 is 16.8. The van der Waals surface area contributed by atoms with Crippen molar-refractivity contribution in [2.45, 2.75) is 12.2 Å². The fraction of sp³-hybridized carbons (Fsp3) is 0.214. The molecular formula is C14H16N2NaO4P. The zero-order valence-corrected chi connectivity index (χ0v) is 15.4. The quantitative estimate of drug-likeness (QED) is 0.520. The summed E-state index contributed by atoms with van der Waals surface area (Å²) in [6.07, 6.45) is 1.63. The van der Waals surface area contributed by atoms with Crippen molar-refractivity contribution in [1.29, 1.82) is 0 Å². The van der Waals surface area contributed by atoms with Crippen LogP contribution in [0.5, 0.6) is 5.75 Å². The van der Waals surface area contributed by atoms with Crippen molar-refractivity contribution in [2.24, 2.45) is 0 Å². The molecule has 0 saturated carbocycles. The van der Waals surface area contributed by atoms with Crippen molar-refractivity contribution in [2.75, 3.05) is 12.4 Å². The maximum absolute atomic E-state index is 12.1. The first-order valence-electron chi connectivity index (χ1n) is 6.33. The molecular weight excluding hydrogens is 314 g/mol. The molecule has 1 aromatic heterocycles. The number of para-hydroxylation sites is 1. The number of rotatable bonds is 6. The van der Waals surface area contributed by atoms with E-state index >= 15 is 0 Å². The van der Waals surface area contributed by atoms with E-state index in [1.165, 1.54) is 6.07 Å². The fourth-order valence-electron chi connectivity index (χ4n) is 1.87. The largest absolute Gasteiger partial charge is 1.00 e. The number of nitrogens with one attached hydrogen (secondary N) is 1. The van der Waals surface area contributed by atoms with E-state index in [4.69, 9.17) is 4.52 Å². The van der Waals surface area contributed by atoms with E-state index < -0.39 is 13.4 Å². The van der Waals surface area contributed by atoms with Crippen LogP contribution in [0.15, 0.2) is 48.7 Å². The first-order chi connectivity index (χ1) is 10.0. The molecule has 0 aliphatic rings. The van der Waals surface area contributed by atoms with Crippen LogP contribution in [0.3, 0.4) is 0 Å². The molecule has 8 heteroatoms. The standard InChI is InChI=1S/C14H17N2O4P.Na/c1-20-21(18,19)14(16-13-8-4-5-9-15-13)10-11-6-2-3-7-12(11)17;/h2-9,14,17H,10H2,1H3,(H,15,16)(H,18,19);/q;+1/p-1. The van der Waals surface area contributed by atoms with Gasteiger partial charge in [-0.1, -0.05) is 35.9 Å². The minimum absolute atomic E-state index is 0. The molecule has 0 spiro atoms. The molecule has 6 nitrogen and oxygen atoms in total. The molecule has 2 aromatic rings. The Morgan fingerprint density at radius 3 is 2.59 bits per heavy atom. The van der Waals surface area contributed by atoms with Crippen LogP contribution in [0.1, 0.15) is 5.56 Å². The molecule has 0 aliphatic heterocycles. The number of nitrogens with zero attached hydrogens (tertiary/aromatic N) is 1. The number of anilines is 1. The first kappa shape index (κ1) is 19.2. The molecule has 1 aromatic carbocycles. The molecule has 0 amide bonds. The van der Waals surface area contributed by atoms with E-state index in [1.54, 1.807) is 42.6 Å². The van der Waals surface area contributed by atoms with Gasteiger partial charge in [0.1, 0.15) is 11.6 Å². The number of aromatic nitrogens is 1. The third kappa shape index (κ3) is 5.09. The fourth-order valence-corrected chi connectivity index (χ4v) is 2.85. The molecule has 2 unspecified atom stereocenters. The third-order valence-corrected chi connectivity index (χ3v) is 4.64. The molecule has 0 aliphatic carbocycles. The van der Waals surface area contributed by atoms with Gasteiger partial charge in [-0.05, 0) is 12.1 Å². The Labute approximate surface area is 151 Å². The summed E-state index contributed by atoms with van der Waals surface area (Å²) >= 11 is 0. The van der Waals surface area contributed by atoms with Crippen LogP contribution in [-0.4, -0.2) is 22.8 Å². The van der Waals surface area contributed by atoms with Crippen LogP contribution >= 0.6 is 7.60 Å². The van der Waals surface area contributed by atoms with E-state index in [1.807, 2.05) is 0 Å². The van der Waals surface area contributed by atoms with Gasteiger partial charge >= 0.3 is 37.2 Å². The van der Waals surface area contributed by atoms with E-state index in [9.17, 15) is 14.6 Å². The Bertz CT molecular complexity index is 642. The number of hydrogen-bond acceptors (Lipinski definition) is 5. The van der Waals surface area contributed by atoms with Crippen molar-refractivity contribution in [3.8, 4) is 5.75 Å². The monoisotopic (exact) mass is 330 g/mol. The first-order valence-corrected chi connectivity index (χ1v) is 7.98. The van der Waals surface area contributed by atoms with Crippen LogP contribution < -0.4 is 40.0 Å². The van der Waals surface area contributed by atoms with Gasteiger partial charge in [-0.3, -0.25) is 4.57 Å². The Balaban J connectivity index is 0.00000242. The van der Waals surface area contributed by atoms with Crippen molar-refractivity contribution in [1.82, 2.24) is 4.98 Å². The van der Waals surface area contributed by atoms with Gasteiger partial charge in [-0.25, -0.2) is 4.98 Å². The van der Waals surface area contributed by atoms with Crippen molar-refractivity contribution < 1.29 is 48.6 Å².